The SMILES string of the molecule is N#CC(=O)C(=N)CN. The molecule has 0 rings (SSSR count). The van der Waals surface area contributed by atoms with Gasteiger partial charge in [0.25, 0.3) is 5.78 Å². The van der Waals surface area contributed by atoms with Gasteiger partial charge in [-0.15, -0.1) is 0 Å². The van der Waals surface area contributed by atoms with Crippen LogP contribution in [0.4, 0.5) is 0 Å². The highest BCUT2D eigenvalue weighted by Crippen LogP contribution is 1.69. The lowest BCUT2D eigenvalue weighted by Gasteiger charge is -1.84. The summed E-state index contributed by atoms with van der Waals surface area (Å²) in [4.78, 5) is 10.1. The van der Waals surface area contributed by atoms with Gasteiger partial charge in [-0.1, -0.05) is 0 Å². The molecule has 4 nitrogen and oxygen atoms in total. The second-order valence-corrected chi connectivity index (χ2v) is 1.12. The zero-order valence-electron chi connectivity index (χ0n) is 4.14. The molecule has 0 atom stereocenters. The number of nitriles is 1. The van der Waals surface area contributed by atoms with E-state index in [1.165, 1.54) is 6.07 Å². The number of nitrogens with one attached hydrogen (secondary N) is 1. The van der Waals surface area contributed by atoms with Gasteiger partial charge in [0.15, 0.2) is 0 Å². The minimum atomic E-state index is -0.854. The summed E-state index contributed by atoms with van der Waals surface area (Å²) in [5, 5.41) is 14.5. The fourth-order valence-electron chi connectivity index (χ4n) is 0.160. The molecule has 0 aliphatic rings. The highest BCUT2D eigenvalue weighted by molar-refractivity contribution is 6.45. The molecule has 0 unspecified atom stereocenters. The number of carbonyl (C=O) groups excluding carboxylic acids is 1. The summed E-state index contributed by atoms with van der Waals surface area (Å²) < 4.78 is 0. The molecule has 3 N–H and O–H groups in total. The van der Waals surface area contributed by atoms with Crippen LogP contribution in [0, 0.1) is 16.7 Å². The lowest BCUT2D eigenvalue weighted by atomic mass is 10.3. The van der Waals surface area contributed by atoms with Crippen molar-refractivity contribution in [1.29, 1.82) is 10.7 Å². The smallest absolute Gasteiger partial charge is 0.276 e. The number of rotatable bonds is 2. The first kappa shape index (κ1) is 6.79. The Morgan fingerprint density at radius 1 is 1.88 bits per heavy atom. The van der Waals surface area contributed by atoms with Crippen molar-refractivity contribution < 1.29 is 4.79 Å². The highest BCUT2D eigenvalue weighted by atomic mass is 16.1. The lowest BCUT2D eigenvalue weighted by Crippen LogP contribution is -2.20. The van der Waals surface area contributed by atoms with Crippen LogP contribution in [-0.4, -0.2) is 18.0 Å². The van der Waals surface area contributed by atoms with E-state index in [9.17, 15) is 4.79 Å². The molecule has 0 saturated heterocycles. The Morgan fingerprint density at radius 3 is 2.50 bits per heavy atom. The van der Waals surface area contributed by atoms with Gasteiger partial charge >= 0.3 is 0 Å². The van der Waals surface area contributed by atoms with Gasteiger partial charge in [-0.25, -0.2) is 0 Å². The van der Waals surface area contributed by atoms with Gasteiger partial charge in [0, 0.05) is 6.54 Å². The quantitative estimate of drug-likeness (QED) is 0.355. The number of carbonyl (C=O) groups is 1. The largest absolute Gasteiger partial charge is 0.325 e. The molecule has 0 heterocycles. The van der Waals surface area contributed by atoms with Crippen LogP contribution in [0.2, 0.25) is 0 Å². The van der Waals surface area contributed by atoms with Crippen LogP contribution in [0.1, 0.15) is 0 Å². The van der Waals surface area contributed by atoms with E-state index in [1.54, 1.807) is 0 Å². The van der Waals surface area contributed by atoms with Crippen LogP contribution in [-0.2, 0) is 4.79 Å². The van der Waals surface area contributed by atoms with Gasteiger partial charge < -0.3 is 5.73 Å². The molecule has 0 saturated carbocycles. The van der Waals surface area contributed by atoms with E-state index in [0.717, 1.165) is 0 Å². The van der Waals surface area contributed by atoms with Crippen molar-refractivity contribution in [2.24, 2.45) is 5.73 Å². The Morgan fingerprint density at radius 2 is 2.38 bits per heavy atom. The Kier molecular flexibility index (Phi) is 2.45. The highest BCUT2D eigenvalue weighted by Gasteiger charge is 2.02. The Bertz CT molecular complexity index is 155. The van der Waals surface area contributed by atoms with Gasteiger partial charge in [-0.2, -0.15) is 5.26 Å². The molecule has 0 aliphatic carbocycles. The standard InChI is InChI=1S/C4H5N3O/c5-1-3(7)4(8)2-6/h7H,1,5H2. The van der Waals surface area contributed by atoms with Gasteiger partial charge in [0.2, 0.25) is 0 Å². The summed E-state index contributed by atoms with van der Waals surface area (Å²) in [6.45, 7) is -0.160. The maximum Gasteiger partial charge on any atom is 0.276 e. The van der Waals surface area contributed by atoms with Crippen LogP contribution in [0.3, 0.4) is 0 Å². The Labute approximate surface area is 46.4 Å². The van der Waals surface area contributed by atoms with Gasteiger partial charge in [0.05, 0.1) is 0 Å². The predicted molar refractivity (Wildman–Crippen MR) is 27.4 cm³/mol. The van der Waals surface area contributed by atoms with Crippen molar-refractivity contribution in [2.45, 2.75) is 0 Å². The van der Waals surface area contributed by atoms with Crippen LogP contribution in [0.25, 0.3) is 0 Å². The van der Waals surface area contributed by atoms with E-state index < -0.39 is 5.78 Å². The molecule has 0 bridgehead atoms. The summed E-state index contributed by atoms with van der Waals surface area (Å²) in [5.41, 5.74) is 4.51. The molecule has 0 amide bonds. The predicted octanol–water partition coefficient (Wildman–Crippen LogP) is -0.942. The van der Waals surface area contributed by atoms with Crippen LogP contribution >= 0.6 is 0 Å². The van der Waals surface area contributed by atoms with E-state index in [1.807, 2.05) is 0 Å². The second-order valence-electron chi connectivity index (χ2n) is 1.12. The third-order valence-corrected chi connectivity index (χ3v) is 0.580. The van der Waals surface area contributed by atoms with E-state index in [-0.39, 0.29) is 12.3 Å². The zero-order chi connectivity index (χ0) is 6.57. The number of hydrogen-bond donors (Lipinski definition) is 2. The summed E-state index contributed by atoms with van der Waals surface area (Å²) in [6.07, 6.45) is 0. The maximum atomic E-state index is 10.1. The lowest BCUT2D eigenvalue weighted by molar-refractivity contribution is -0.108. The average Bonchev–Trinajstić information content (AvgIpc) is 1.84. The molecule has 0 aromatic rings. The molecule has 0 aliphatic heterocycles. The first-order valence-corrected chi connectivity index (χ1v) is 1.94. The summed E-state index contributed by atoms with van der Waals surface area (Å²) in [7, 11) is 0. The summed E-state index contributed by atoms with van der Waals surface area (Å²) >= 11 is 0. The first-order chi connectivity index (χ1) is 3.72. The molecule has 8 heavy (non-hydrogen) atoms. The topological polar surface area (TPSA) is 90.7 Å². The van der Waals surface area contributed by atoms with Crippen LogP contribution < -0.4 is 5.73 Å². The van der Waals surface area contributed by atoms with Crippen LogP contribution in [0.5, 0.6) is 0 Å². The Hall–Kier alpha value is -1.21. The number of nitrogens with zero attached hydrogens (tertiary/aromatic N) is 1. The van der Waals surface area contributed by atoms with Gasteiger partial charge in [-0.05, 0) is 0 Å². The van der Waals surface area contributed by atoms with Crippen molar-refractivity contribution in [2.75, 3.05) is 6.54 Å². The van der Waals surface area contributed by atoms with Crippen molar-refractivity contribution in [1.82, 2.24) is 0 Å². The zero-order valence-corrected chi connectivity index (χ0v) is 4.14. The molecule has 0 aromatic heterocycles. The maximum absolute atomic E-state index is 10.1. The summed E-state index contributed by atoms with van der Waals surface area (Å²) in [5.74, 6) is -0.854. The molecule has 0 radical (unpaired) electrons. The van der Waals surface area contributed by atoms with Crippen molar-refractivity contribution >= 4 is 11.5 Å². The molecular weight excluding hydrogens is 106 g/mol. The van der Waals surface area contributed by atoms with Crippen molar-refractivity contribution in [3.05, 3.63) is 0 Å². The van der Waals surface area contributed by atoms with Gasteiger partial charge in [0.1, 0.15) is 11.8 Å². The third-order valence-electron chi connectivity index (χ3n) is 0.580. The number of ketones is 1. The molecule has 4 heteroatoms. The fraction of sp³-hybridized carbons (Fsp3) is 0.250. The number of nitrogens with two attached hydrogens (primary N) is 1. The summed E-state index contributed by atoms with van der Waals surface area (Å²) in [6, 6.07) is 1.27. The molecule has 42 valence electrons. The third kappa shape index (κ3) is 1.49. The monoisotopic (exact) mass is 111 g/mol. The first-order valence-electron chi connectivity index (χ1n) is 1.94. The number of hydrogen-bond acceptors (Lipinski definition) is 4. The average molecular weight is 111 g/mol. The van der Waals surface area contributed by atoms with Crippen molar-refractivity contribution in [3.8, 4) is 6.07 Å². The van der Waals surface area contributed by atoms with E-state index in [0.29, 0.717) is 0 Å². The second kappa shape index (κ2) is 2.88. The molecular formula is C4H5N3O. The van der Waals surface area contributed by atoms with Gasteiger partial charge in [-0.3, -0.25) is 10.2 Å². The minimum absolute atomic E-state index is 0.160. The van der Waals surface area contributed by atoms with Crippen molar-refractivity contribution in [3.63, 3.8) is 0 Å². The fourth-order valence-corrected chi connectivity index (χ4v) is 0.160. The van der Waals surface area contributed by atoms with E-state index >= 15 is 0 Å². The van der Waals surface area contributed by atoms with E-state index in [4.69, 9.17) is 16.4 Å². The molecule has 0 fully saturated rings. The minimum Gasteiger partial charge on any atom is -0.325 e. The number of Topliss-reactive ketones (excluding diaryl/α,β-unsaturated/α-hetero) is 1. The van der Waals surface area contributed by atoms with Crippen LogP contribution in [0.15, 0.2) is 0 Å². The Balaban J connectivity index is 3.89. The molecule has 0 spiro atoms. The van der Waals surface area contributed by atoms with E-state index in [2.05, 4.69) is 0 Å². The molecule has 0 aromatic carbocycles. The normalized spacial score (nSPS) is 7.50.